The molecule has 182 valence electrons. The van der Waals surface area contributed by atoms with Crippen LogP contribution in [0.3, 0.4) is 0 Å². The quantitative estimate of drug-likeness (QED) is 0.674. The van der Waals surface area contributed by atoms with Gasteiger partial charge in [0.2, 0.25) is 11.8 Å². The number of hydrogen-bond donors (Lipinski definition) is 1. The maximum atomic E-state index is 13.2. The predicted molar refractivity (Wildman–Crippen MR) is 123 cm³/mol. The minimum Gasteiger partial charge on any atom is -0.337 e. The summed E-state index contributed by atoms with van der Waals surface area (Å²) in [6.45, 7) is 4.13. The normalized spacial score (nSPS) is 25.5. The number of aromatic nitrogens is 3. The third kappa shape index (κ3) is 3.54. The number of hydrogen-bond acceptors (Lipinski definition) is 6. The van der Waals surface area contributed by atoms with Gasteiger partial charge >= 0.3 is 0 Å². The number of benzene rings is 1. The van der Waals surface area contributed by atoms with Crippen LogP contribution in [0.1, 0.15) is 71.9 Å². The van der Waals surface area contributed by atoms with Crippen LogP contribution < -0.4 is 5.32 Å². The van der Waals surface area contributed by atoms with E-state index in [0.29, 0.717) is 35.8 Å². The monoisotopic (exact) mass is 476 g/mol. The molecule has 1 N–H and O–H groups in total. The molecule has 2 aromatic rings. The Hall–Kier alpha value is -3.56. The fraction of sp³-hybridized carbons (Fsp3) is 0.520. The van der Waals surface area contributed by atoms with Crippen molar-refractivity contribution in [3.8, 4) is 5.69 Å². The Morgan fingerprint density at radius 2 is 2.00 bits per heavy atom. The van der Waals surface area contributed by atoms with Gasteiger partial charge in [-0.05, 0) is 54.7 Å². The summed E-state index contributed by atoms with van der Waals surface area (Å²) >= 11 is 0. The fourth-order valence-corrected chi connectivity index (χ4v) is 6.06. The van der Waals surface area contributed by atoms with Crippen LogP contribution in [0.15, 0.2) is 24.4 Å². The van der Waals surface area contributed by atoms with Crippen molar-refractivity contribution in [2.45, 2.75) is 58.0 Å². The van der Waals surface area contributed by atoms with Gasteiger partial charge in [0.05, 0.1) is 11.9 Å². The molecule has 0 bridgehead atoms. The van der Waals surface area contributed by atoms with E-state index in [1.54, 1.807) is 12.3 Å². The zero-order valence-corrected chi connectivity index (χ0v) is 19.7. The molecule has 10 heteroatoms. The van der Waals surface area contributed by atoms with Gasteiger partial charge in [0, 0.05) is 31.6 Å². The third-order valence-electron chi connectivity index (χ3n) is 8.51. The first-order chi connectivity index (χ1) is 16.8. The van der Waals surface area contributed by atoms with Gasteiger partial charge in [-0.15, -0.1) is 5.10 Å². The van der Waals surface area contributed by atoms with Crippen LogP contribution in [0.5, 0.6) is 0 Å². The molecule has 4 amide bonds. The van der Waals surface area contributed by atoms with Crippen molar-refractivity contribution in [2.75, 3.05) is 13.1 Å². The molecule has 1 aromatic heterocycles. The molecule has 1 saturated carbocycles. The number of fused-ring (bicyclic) bond motifs is 1. The number of amides is 4. The number of imide groups is 1. The standard InChI is InChI=1S/C25H28N6O4/c1-15-7-10-29(14-25(15)8-2-9-25)24(35)19-13-31(28-27-19)17-4-3-16-12-30(23(34)18(16)11-17)20-5-6-21(32)26-22(20)33/h3-4,11,13,15,20H,2,5-10,12,14H2,1H3,(H,26,32,33). The molecule has 1 aliphatic carbocycles. The van der Waals surface area contributed by atoms with E-state index in [-0.39, 0.29) is 29.6 Å². The molecular formula is C25H28N6O4. The number of nitrogens with one attached hydrogen (secondary N) is 1. The van der Waals surface area contributed by atoms with E-state index in [0.717, 1.165) is 25.1 Å². The Labute approximate surface area is 202 Å². The number of nitrogens with zero attached hydrogens (tertiary/aromatic N) is 5. The number of carbonyl (C=O) groups excluding carboxylic acids is 4. The van der Waals surface area contributed by atoms with Crippen LogP contribution in [0.2, 0.25) is 0 Å². The highest BCUT2D eigenvalue weighted by atomic mass is 16.2. The van der Waals surface area contributed by atoms with Gasteiger partial charge in [0.25, 0.3) is 11.8 Å². The number of carbonyl (C=O) groups is 4. The second-order valence-corrected chi connectivity index (χ2v) is 10.4. The van der Waals surface area contributed by atoms with E-state index in [1.165, 1.54) is 28.8 Å². The van der Waals surface area contributed by atoms with Crippen molar-refractivity contribution in [3.63, 3.8) is 0 Å². The van der Waals surface area contributed by atoms with E-state index in [4.69, 9.17) is 0 Å². The molecule has 6 rings (SSSR count). The molecule has 35 heavy (non-hydrogen) atoms. The lowest BCUT2D eigenvalue weighted by Crippen LogP contribution is -2.53. The number of likely N-dealkylation sites (tertiary alicyclic amines) is 1. The molecule has 3 fully saturated rings. The van der Waals surface area contributed by atoms with Gasteiger partial charge in [0.15, 0.2) is 5.69 Å². The predicted octanol–water partition coefficient (Wildman–Crippen LogP) is 1.68. The van der Waals surface area contributed by atoms with Crippen LogP contribution in [0.25, 0.3) is 5.69 Å². The van der Waals surface area contributed by atoms with E-state index in [2.05, 4.69) is 22.6 Å². The summed E-state index contributed by atoms with van der Waals surface area (Å²) in [5, 5.41) is 10.6. The molecule has 0 radical (unpaired) electrons. The van der Waals surface area contributed by atoms with Gasteiger partial charge < -0.3 is 9.80 Å². The molecule has 1 spiro atoms. The van der Waals surface area contributed by atoms with Crippen LogP contribution in [-0.2, 0) is 16.1 Å². The fourth-order valence-electron chi connectivity index (χ4n) is 6.06. The maximum Gasteiger partial charge on any atom is 0.276 e. The Morgan fingerprint density at radius 1 is 1.17 bits per heavy atom. The lowest BCUT2D eigenvalue weighted by molar-refractivity contribution is -0.136. The molecule has 2 unspecified atom stereocenters. The van der Waals surface area contributed by atoms with Gasteiger partial charge in [-0.3, -0.25) is 24.5 Å². The van der Waals surface area contributed by atoms with Crippen molar-refractivity contribution in [1.82, 2.24) is 30.1 Å². The zero-order chi connectivity index (χ0) is 24.3. The summed E-state index contributed by atoms with van der Waals surface area (Å²) < 4.78 is 1.52. The van der Waals surface area contributed by atoms with Crippen molar-refractivity contribution < 1.29 is 19.2 Å². The van der Waals surface area contributed by atoms with Gasteiger partial charge in [-0.2, -0.15) is 0 Å². The van der Waals surface area contributed by atoms with Gasteiger partial charge in [-0.1, -0.05) is 24.6 Å². The van der Waals surface area contributed by atoms with Crippen molar-refractivity contribution >= 4 is 23.6 Å². The maximum absolute atomic E-state index is 13.2. The Kier molecular flexibility index (Phi) is 5.01. The van der Waals surface area contributed by atoms with Crippen LogP contribution in [-0.4, -0.2) is 67.6 Å². The van der Waals surface area contributed by atoms with E-state index in [9.17, 15) is 19.2 Å². The van der Waals surface area contributed by atoms with Crippen LogP contribution in [0, 0.1) is 11.3 Å². The first-order valence-electron chi connectivity index (χ1n) is 12.3. The minimum absolute atomic E-state index is 0.101. The minimum atomic E-state index is -0.655. The molecule has 1 aromatic carbocycles. The molecule has 3 aliphatic heterocycles. The first-order valence-corrected chi connectivity index (χ1v) is 12.3. The SMILES string of the molecule is CC1CCN(C(=O)c2cn(-c3ccc4c(c3)C(=O)N(C3CCC(=O)NC3=O)C4)nn2)CC12CCC2. The molecule has 2 atom stereocenters. The summed E-state index contributed by atoms with van der Waals surface area (Å²) in [6, 6.07) is 4.73. The van der Waals surface area contributed by atoms with Gasteiger partial charge in [0.1, 0.15) is 6.04 Å². The summed E-state index contributed by atoms with van der Waals surface area (Å²) in [4.78, 5) is 53.5. The summed E-state index contributed by atoms with van der Waals surface area (Å²) in [5.41, 5.74) is 2.49. The molecule has 4 heterocycles. The topological polar surface area (TPSA) is 118 Å². The lowest BCUT2D eigenvalue weighted by Gasteiger charge is -2.52. The van der Waals surface area contributed by atoms with E-state index >= 15 is 0 Å². The second-order valence-electron chi connectivity index (χ2n) is 10.4. The zero-order valence-electron chi connectivity index (χ0n) is 19.7. The van der Waals surface area contributed by atoms with E-state index in [1.807, 2.05) is 17.0 Å². The largest absolute Gasteiger partial charge is 0.337 e. The Morgan fingerprint density at radius 3 is 2.74 bits per heavy atom. The average Bonchev–Trinajstić information content (AvgIpc) is 3.43. The molecular weight excluding hydrogens is 448 g/mol. The van der Waals surface area contributed by atoms with Crippen molar-refractivity contribution in [2.24, 2.45) is 11.3 Å². The van der Waals surface area contributed by atoms with Crippen LogP contribution >= 0.6 is 0 Å². The first kappa shape index (κ1) is 21.9. The number of piperidine rings is 2. The Bertz CT molecular complexity index is 1250. The molecule has 2 saturated heterocycles. The second kappa shape index (κ2) is 8.00. The molecule has 4 aliphatic rings. The van der Waals surface area contributed by atoms with E-state index < -0.39 is 11.9 Å². The highest BCUT2D eigenvalue weighted by molar-refractivity contribution is 6.05. The highest BCUT2D eigenvalue weighted by Gasteiger charge is 2.46. The molecule has 10 nitrogen and oxygen atoms in total. The summed E-state index contributed by atoms with van der Waals surface area (Å²) in [5.74, 6) is -0.453. The summed E-state index contributed by atoms with van der Waals surface area (Å²) in [6.07, 6.45) is 6.77. The smallest absolute Gasteiger partial charge is 0.276 e. The summed E-state index contributed by atoms with van der Waals surface area (Å²) in [7, 11) is 0. The Balaban J connectivity index is 1.19. The van der Waals surface area contributed by atoms with Crippen LogP contribution in [0.4, 0.5) is 0 Å². The van der Waals surface area contributed by atoms with Crippen molar-refractivity contribution in [3.05, 3.63) is 41.2 Å². The number of rotatable bonds is 3. The lowest BCUT2D eigenvalue weighted by atomic mass is 9.59. The van der Waals surface area contributed by atoms with Crippen molar-refractivity contribution in [1.29, 1.82) is 0 Å². The van der Waals surface area contributed by atoms with Gasteiger partial charge in [-0.25, -0.2) is 4.68 Å². The average molecular weight is 477 g/mol. The third-order valence-corrected chi connectivity index (χ3v) is 8.51. The highest BCUT2D eigenvalue weighted by Crippen LogP contribution is 2.51.